The van der Waals surface area contributed by atoms with Gasteiger partial charge in [0.2, 0.25) is 0 Å². The van der Waals surface area contributed by atoms with Crippen molar-refractivity contribution in [3.63, 3.8) is 0 Å². The molecule has 1 saturated heterocycles. The molecule has 5 aliphatic rings. The first kappa shape index (κ1) is 28.1. The molecule has 0 amide bonds. The van der Waals surface area contributed by atoms with Gasteiger partial charge in [0.15, 0.2) is 6.61 Å². The van der Waals surface area contributed by atoms with E-state index in [1.807, 2.05) is 11.8 Å². The Labute approximate surface area is 228 Å². The van der Waals surface area contributed by atoms with Crippen LogP contribution < -0.4 is 0 Å². The lowest BCUT2D eigenvalue weighted by Gasteiger charge is -2.62. The van der Waals surface area contributed by atoms with Crippen LogP contribution in [0.5, 0.6) is 0 Å². The van der Waals surface area contributed by atoms with E-state index in [0.29, 0.717) is 49.8 Å². The van der Waals surface area contributed by atoms with E-state index >= 15 is 0 Å². The summed E-state index contributed by atoms with van der Waals surface area (Å²) in [7, 11) is 0. The van der Waals surface area contributed by atoms with E-state index < -0.39 is 17.6 Å². The summed E-state index contributed by atoms with van der Waals surface area (Å²) in [6.45, 7) is 12.9. The van der Waals surface area contributed by atoms with Crippen LogP contribution in [0.15, 0.2) is 0 Å². The van der Waals surface area contributed by atoms with E-state index in [1.54, 1.807) is 6.92 Å². The molecule has 7 heteroatoms. The Morgan fingerprint density at radius 2 is 1.63 bits per heavy atom. The first-order chi connectivity index (χ1) is 18.0. The van der Waals surface area contributed by atoms with Crippen LogP contribution in [0, 0.1) is 40.4 Å². The number of Topliss-reactive ketones (excluding diaryl/α,β-unsaturated/α-hetero) is 1. The van der Waals surface area contributed by atoms with E-state index in [0.717, 1.165) is 31.6 Å². The van der Waals surface area contributed by atoms with Gasteiger partial charge >= 0.3 is 11.9 Å². The monoisotopic (exact) mass is 531 g/mol. The Hall–Kier alpha value is -1.47. The van der Waals surface area contributed by atoms with Crippen LogP contribution in [0.1, 0.15) is 92.4 Å². The van der Waals surface area contributed by atoms with Crippen LogP contribution in [0.4, 0.5) is 0 Å². The summed E-state index contributed by atoms with van der Waals surface area (Å²) in [5.74, 6) is 2.45. The summed E-state index contributed by atoms with van der Waals surface area (Å²) in [4.78, 5) is 39.7. The minimum atomic E-state index is -0.507. The van der Waals surface area contributed by atoms with Gasteiger partial charge in [-0.05, 0) is 113 Å². The van der Waals surface area contributed by atoms with E-state index in [9.17, 15) is 14.4 Å². The van der Waals surface area contributed by atoms with Crippen LogP contribution in [0.3, 0.4) is 0 Å². The number of morpholine rings is 1. The summed E-state index contributed by atoms with van der Waals surface area (Å²) >= 11 is 0. The second kappa shape index (κ2) is 10.5. The van der Waals surface area contributed by atoms with Crippen LogP contribution in [0.25, 0.3) is 0 Å². The second-order valence-electron chi connectivity index (χ2n) is 14.0. The number of nitrogens with zero attached hydrogens (tertiary/aromatic N) is 1. The number of fused-ring (bicyclic) bond motifs is 5. The molecule has 0 aromatic rings. The molecule has 5 rings (SSSR count). The fraction of sp³-hybridized carbons (Fsp3) is 0.903. The van der Waals surface area contributed by atoms with Gasteiger partial charge in [0.25, 0.3) is 0 Å². The lowest BCUT2D eigenvalue weighted by molar-refractivity contribution is -0.187. The number of carbonyl (C=O) groups excluding carboxylic acids is 3. The maximum Gasteiger partial charge on any atom is 0.344 e. The fourth-order valence-corrected chi connectivity index (χ4v) is 9.85. The minimum absolute atomic E-state index is 0.186. The van der Waals surface area contributed by atoms with Gasteiger partial charge in [0, 0.05) is 19.0 Å². The zero-order valence-corrected chi connectivity index (χ0v) is 24.3. The van der Waals surface area contributed by atoms with Crippen molar-refractivity contribution in [2.45, 2.75) is 104 Å². The predicted molar refractivity (Wildman–Crippen MR) is 143 cm³/mol. The molecule has 4 aliphatic carbocycles. The molecule has 1 aliphatic heterocycles. The molecule has 5 fully saturated rings. The predicted octanol–water partition coefficient (Wildman–Crippen LogP) is 4.80. The molecule has 0 spiro atoms. The molecule has 0 radical (unpaired) electrons. The first-order valence-corrected chi connectivity index (χ1v) is 15.2. The number of hydrogen-bond donors (Lipinski definition) is 0. The molecule has 214 valence electrons. The highest BCUT2D eigenvalue weighted by Gasteiger charge is 2.61. The number of rotatable bonds is 6. The van der Waals surface area contributed by atoms with Crippen molar-refractivity contribution in [2.75, 3.05) is 32.9 Å². The summed E-state index contributed by atoms with van der Waals surface area (Å²) < 4.78 is 16.7. The molecule has 0 unspecified atom stereocenters. The molecular formula is C31H49NO6. The van der Waals surface area contributed by atoms with Crippen LogP contribution >= 0.6 is 0 Å². The summed E-state index contributed by atoms with van der Waals surface area (Å²) in [5.41, 5.74) is -0.0528. The fourth-order valence-electron chi connectivity index (χ4n) is 9.85. The SMILES string of the molecule is CC(=O)[C@H]1CC[C@H]2[C@@H]3CC[C@H]4C[C@](C)(OC(=O)COC(=O)[C@@H](C)N5CCOCC5)CC[C@]4(C)[C@H]3CC[C@]12C. The quantitative estimate of drug-likeness (QED) is 0.455. The van der Waals surface area contributed by atoms with Gasteiger partial charge in [-0.25, -0.2) is 4.79 Å². The van der Waals surface area contributed by atoms with Crippen molar-refractivity contribution in [1.82, 2.24) is 4.90 Å². The van der Waals surface area contributed by atoms with Gasteiger partial charge in [0.05, 0.1) is 13.2 Å². The maximum atomic E-state index is 12.8. The largest absolute Gasteiger partial charge is 0.457 e. The average molecular weight is 532 g/mol. The molecule has 38 heavy (non-hydrogen) atoms. The molecule has 0 bridgehead atoms. The zero-order valence-electron chi connectivity index (χ0n) is 24.3. The van der Waals surface area contributed by atoms with Crippen molar-refractivity contribution < 1.29 is 28.6 Å². The number of carbonyl (C=O) groups is 3. The minimum Gasteiger partial charge on any atom is -0.457 e. The maximum absolute atomic E-state index is 12.8. The van der Waals surface area contributed by atoms with Crippen molar-refractivity contribution >= 4 is 17.7 Å². The molecule has 0 aromatic carbocycles. The number of ether oxygens (including phenoxy) is 3. The lowest BCUT2D eigenvalue weighted by Crippen LogP contribution is -2.56. The Bertz CT molecular complexity index is 931. The van der Waals surface area contributed by atoms with Crippen LogP contribution in [-0.2, 0) is 28.6 Å². The van der Waals surface area contributed by atoms with Crippen LogP contribution in [-0.4, -0.2) is 67.2 Å². The Kier molecular flexibility index (Phi) is 7.75. The van der Waals surface area contributed by atoms with Gasteiger partial charge in [0.1, 0.15) is 17.4 Å². The van der Waals surface area contributed by atoms with E-state index in [4.69, 9.17) is 14.2 Å². The van der Waals surface area contributed by atoms with Gasteiger partial charge in [-0.3, -0.25) is 14.5 Å². The normalized spacial score (nSPS) is 43.8. The number of hydrogen-bond acceptors (Lipinski definition) is 7. The molecule has 7 nitrogen and oxygen atoms in total. The topological polar surface area (TPSA) is 82.1 Å². The van der Waals surface area contributed by atoms with Crippen molar-refractivity contribution in [2.24, 2.45) is 40.4 Å². The second-order valence-corrected chi connectivity index (χ2v) is 14.0. The zero-order chi connectivity index (χ0) is 27.3. The Morgan fingerprint density at radius 1 is 0.921 bits per heavy atom. The third-order valence-corrected chi connectivity index (χ3v) is 12.1. The Balaban J connectivity index is 1.16. The third-order valence-electron chi connectivity index (χ3n) is 12.1. The standard InChI is InChI=1S/C31H49NO6/c1-20(32-14-16-36-17-15-32)28(35)37-19-27(34)38-29(3)12-13-30(4)22(18-29)6-7-23-25-9-8-24(21(2)33)31(25,5)11-10-26(23)30/h20,22-26H,6-19H2,1-5H3/t20-,22+,23+,24-,25+,26+,29-,30+,31-/m1/s1. The van der Waals surface area contributed by atoms with E-state index in [-0.39, 0.29) is 29.3 Å². The number of esters is 2. The molecule has 9 atom stereocenters. The van der Waals surface area contributed by atoms with Crippen molar-refractivity contribution in [3.8, 4) is 0 Å². The van der Waals surface area contributed by atoms with Gasteiger partial charge in [-0.1, -0.05) is 13.8 Å². The molecule has 0 aromatic heterocycles. The van der Waals surface area contributed by atoms with Gasteiger partial charge in [-0.15, -0.1) is 0 Å². The molecule has 1 heterocycles. The molecular weight excluding hydrogens is 482 g/mol. The van der Waals surface area contributed by atoms with Gasteiger partial charge < -0.3 is 14.2 Å². The molecule has 4 saturated carbocycles. The lowest BCUT2D eigenvalue weighted by atomic mass is 9.44. The average Bonchev–Trinajstić information content (AvgIpc) is 3.25. The van der Waals surface area contributed by atoms with Gasteiger partial charge in [-0.2, -0.15) is 0 Å². The summed E-state index contributed by atoms with van der Waals surface area (Å²) in [5, 5.41) is 0. The summed E-state index contributed by atoms with van der Waals surface area (Å²) in [6.07, 6.45) is 9.89. The highest BCUT2D eigenvalue weighted by molar-refractivity contribution is 5.80. The van der Waals surface area contributed by atoms with E-state index in [2.05, 4.69) is 20.8 Å². The third kappa shape index (κ3) is 4.95. The highest BCUT2D eigenvalue weighted by Crippen LogP contribution is 2.68. The molecule has 0 N–H and O–H groups in total. The number of ketones is 1. The summed E-state index contributed by atoms with van der Waals surface area (Å²) in [6, 6.07) is -0.393. The van der Waals surface area contributed by atoms with Crippen molar-refractivity contribution in [1.29, 1.82) is 0 Å². The first-order valence-electron chi connectivity index (χ1n) is 15.2. The van der Waals surface area contributed by atoms with E-state index in [1.165, 1.54) is 32.1 Å². The smallest absolute Gasteiger partial charge is 0.344 e. The Morgan fingerprint density at radius 3 is 2.34 bits per heavy atom. The highest BCUT2D eigenvalue weighted by atomic mass is 16.6. The van der Waals surface area contributed by atoms with Crippen LogP contribution in [0.2, 0.25) is 0 Å². The van der Waals surface area contributed by atoms with Crippen molar-refractivity contribution in [3.05, 3.63) is 0 Å².